The highest BCUT2D eigenvalue weighted by molar-refractivity contribution is 5.50. The molecule has 3 nitrogen and oxygen atoms in total. The van der Waals surface area contributed by atoms with Gasteiger partial charge in [0, 0.05) is 11.6 Å². The van der Waals surface area contributed by atoms with Crippen molar-refractivity contribution >= 4 is 0 Å². The van der Waals surface area contributed by atoms with Gasteiger partial charge in [0.1, 0.15) is 5.75 Å². The summed E-state index contributed by atoms with van der Waals surface area (Å²) in [7, 11) is 3.20. The van der Waals surface area contributed by atoms with Crippen LogP contribution in [0.25, 0.3) is 0 Å². The molecule has 3 heteroatoms. The highest BCUT2D eigenvalue weighted by atomic mass is 16.5. The van der Waals surface area contributed by atoms with E-state index in [9.17, 15) is 5.11 Å². The van der Waals surface area contributed by atoms with Gasteiger partial charge in [-0.25, -0.2) is 0 Å². The third-order valence-corrected chi connectivity index (χ3v) is 4.79. The Labute approximate surface area is 160 Å². The second-order valence-corrected chi connectivity index (χ2v) is 6.96. The van der Waals surface area contributed by atoms with Crippen LogP contribution in [0.1, 0.15) is 83.1 Å². The van der Waals surface area contributed by atoms with Gasteiger partial charge in [0.25, 0.3) is 0 Å². The first-order valence-electron chi connectivity index (χ1n) is 10.3. The van der Waals surface area contributed by atoms with Crippen LogP contribution in [0, 0.1) is 0 Å². The molecule has 0 unspecified atom stereocenters. The smallest absolute Gasteiger partial charge is 0.164 e. The molecule has 0 fully saturated rings. The van der Waals surface area contributed by atoms with Crippen LogP contribution in [0.3, 0.4) is 0 Å². The molecule has 1 rings (SSSR count). The number of unbranched alkanes of at least 4 members (excludes halogenated alkanes) is 9. The lowest BCUT2D eigenvalue weighted by atomic mass is 10.0. The molecule has 0 aliphatic heterocycles. The standard InChI is InChI=1S/C23H38O3/c1-4-5-6-7-8-9-10-11-12-13-14-15-16-17-20-18-21(25-2)19-22(26-3)23(20)24/h7-8,18-19,24H,4-6,9-17H2,1-3H3/b8-7+. The van der Waals surface area contributed by atoms with Gasteiger partial charge in [-0.2, -0.15) is 0 Å². The topological polar surface area (TPSA) is 38.7 Å². The average molecular weight is 363 g/mol. The number of aromatic hydroxyl groups is 1. The molecule has 0 aromatic heterocycles. The second-order valence-electron chi connectivity index (χ2n) is 6.96. The monoisotopic (exact) mass is 362 g/mol. The Bertz CT molecular complexity index is 508. The maximum absolute atomic E-state index is 10.2. The third-order valence-electron chi connectivity index (χ3n) is 4.79. The molecule has 148 valence electrons. The molecule has 0 saturated carbocycles. The Morgan fingerprint density at radius 2 is 1.42 bits per heavy atom. The summed E-state index contributed by atoms with van der Waals surface area (Å²) in [5.74, 6) is 1.47. The first-order chi connectivity index (χ1) is 12.7. The second kappa shape index (κ2) is 14.5. The lowest BCUT2D eigenvalue weighted by Gasteiger charge is -2.11. The zero-order valence-corrected chi connectivity index (χ0v) is 17.1. The van der Waals surface area contributed by atoms with E-state index in [4.69, 9.17) is 9.47 Å². The zero-order chi connectivity index (χ0) is 19.0. The molecule has 0 atom stereocenters. The maximum Gasteiger partial charge on any atom is 0.164 e. The fraction of sp³-hybridized carbons (Fsp3) is 0.652. The molecule has 1 N–H and O–H groups in total. The fourth-order valence-corrected chi connectivity index (χ4v) is 3.12. The van der Waals surface area contributed by atoms with Crippen molar-refractivity contribution in [3.8, 4) is 17.2 Å². The molecule has 26 heavy (non-hydrogen) atoms. The number of benzene rings is 1. The van der Waals surface area contributed by atoms with Gasteiger partial charge in [-0.15, -0.1) is 0 Å². The van der Waals surface area contributed by atoms with E-state index in [1.807, 2.05) is 6.07 Å². The van der Waals surface area contributed by atoms with Gasteiger partial charge in [0.15, 0.2) is 11.5 Å². The number of aryl methyl sites for hydroxylation is 1. The van der Waals surface area contributed by atoms with Gasteiger partial charge in [0.2, 0.25) is 0 Å². The van der Waals surface area contributed by atoms with Crippen LogP contribution in [0.2, 0.25) is 0 Å². The van der Waals surface area contributed by atoms with Crippen molar-refractivity contribution in [3.63, 3.8) is 0 Å². The molecule has 0 spiro atoms. The largest absolute Gasteiger partial charge is 0.504 e. The van der Waals surface area contributed by atoms with E-state index in [-0.39, 0.29) is 5.75 Å². The van der Waals surface area contributed by atoms with E-state index in [0.717, 1.165) is 24.2 Å². The van der Waals surface area contributed by atoms with Gasteiger partial charge in [-0.1, -0.05) is 64.0 Å². The van der Waals surface area contributed by atoms with Crippen molar-refractivity contribution in [2.75, 3.05) is 14.2 Å². The van der Waals surface area contributed by atoms with Crippen LogP contribution in [0.4, 0.5) is 0 Å². The van der Waals surface area contributed by atoms with Gasteiger partial charge in [-0.3, -0.25) is 0 Å². The van der Waals surface area contributed by atoms with Crippen molar-refractivity contribution in [1.29, 1.82) is 0 Å². The minimum absolute atomic E-state index is 0.250. The first-order valence-corrected chi connectivity index (χ1v) is 10.3. The van der Waals surface area contributed by atoms with Gasteiger partial charge in [0.05, 0.1) is 14.2 Å². The maximum atomic E-state index is 10.2. The summed E-state index contributed by atoms with van der Waals surface area (Å²) in [4.78, 5) is 0. The molecule has 0 heterocycles. The van der Waals surface area contributed by atoms with Crippen LogP contribution in [-0.4, -0.2) is 19.3 Å². The van der Waals surface area contributed by atoms with Crippen LogP contribution < -0.4 is 9.47 Å². The van der Waals surface area contributed by atoms with Crippen molar-refractivity contribution in [1.82, 2.24) is 0 Å². The number of rotatable bonds is 15. The van der Waals surface area contributed by atoms with Gasteiger partial charge < -0.3 is 14.6 Å². The van der Waals surface area contributed by atoms with E-state index in [1.54, 1.807) is 20.3 Å². The Balaban J connectivity index is 2.10. The molecule has 0 aliphatic rings. The third kappa shape index (κ3) is 9.17. The normalized spacial score (nSPS) is 11.2. The van der Waals surface area contributed by atoms with Crippen molar-refractivity contribution in [2.45, 2.75) is 84.0 Å². The minimum atomic E-state index is 0.250. The highest BCUT2D eigenvalue weighted by Crippen LogP contribution is 2.35. The summed E-state index contributed by atoms with van der Waals surface area (Å²) in [5, 5.41) is 10.2. The number of phenolic OH excluding ortho intramolecular Hbond substituents is 1. The Morgan fingerprint density at radius 3 is 2.04 bits per heavy atom. The summed E-state index contributed by atoms with van der Waals surface area (Å²) in [6, 6.07) is 3.63. The summed E-state index contributed by atoms with van der Waals surface area (Å²) in [6.07, 6.45) is 19.5. The van der Waals surface area contributed by atoms with E-state index in [0.29, 0.717) is 5.75 Å². The minimum Gasteiger partial charge on any atom is -0.504 e. The summed E-state index contributed by atoms with van der Waals surface area (Å²) in [6.45, 7) is 2.24. The van der Waals surface area contributed by atoms with Crippen LogP contribution in [-0.2, 0) is 6.42 Å². The molecule has 0 bridgehead atoms. The lowest BCUT2D eigenvalue weighted by Crippen LogP contribution is -1.94. The van der Waals surface area contributed by atoms with Crippen LogP contribution in [0.15, 0.2) is 24.3 Å². The lowest BCUT2D eigenvalue weighted by molar-refractivity contribution is 0.360. The number of ether oxygens (including phenoxy) is 2. The molecular formula is C23H38O3. The van der Waals surface area contributed by atoms with E-state index in [1.165, 1.54) is 64.2 Å². The predicted molar refractivity (Wildman–Crippen MR) is 111 cm³/mol. The van der Waals surface area contributed by atoms with Crippen molar-refractivity contribution in [2.24, 2.45) is 0 Å². The summed E-state index contributed by atoms with van der Waals surface area (Å²) < 4.78 is 10.5. The van der Waals surface area contributed by atoms with E-state index in [2.05, 4.69) is 19.1 Å². The molecule has 0 amide bonds. The number of hydrogen-bond donors (Lipinski definition) is 1. The Kier molecular flexibility index (Phi) is 12.5. The summed E-state index contributed by atoms with van der Waals surface area (Å²) in [5.41, 5.74) is 0.913. The van der Waals surface area contributed by atoms with Gasteiger partial charge >= 0.3 is 0 Å². The average Bonchev–Trinajstić information content (AvgIpc) is 2.66. The number of methoxy groups -OCH3 is 2. The number of hydrogen-bond acceptors (Lipinski definition) is 3. The van der Waals surface area contributed by atoms with Crippen molar-refractivity contribution in [3.05, 3.63) is 29.8 Å². The van der Waals surface area contributed by atoms with E-state index >= 15 is 0 Å². The zero-order valence-electron chi connectivity index (χ0n) is 17.1. The van der Waals surface area contributed by atoms with Crippen LogP contribution >= 0.6 is 0 Å². The quantitative estimate of drug-likeness (QED) is 0.275. The molecule has 0 radical (unpaired) electrons. The van der Waals surface area contributed by atoms with Gasteiger partial charge in [-0.05, 0) is 38.2 Å². The molecule has 0 aliphatic carbocycles. The highest BCUT2D eigenvalue weighted by Gasteiger charge is 2.10. The molecule has 1 aromatic rings. The Morgan fingerprint density at radius 1 is 0.808 bits per heavy atom. The number of allylic oxidation sites excluding steroid dienone is 2. The molecule has 1 aromatic carbocycles. The molecular weight excluding hydrogens is 324 g/mol. The first kappa shape index (κ1) is 22.4. The SMILES string of the molecule is CCCC/C=C/CCCCCCCCCc1cc(OC)cc(OC)c1O. The van der Waals surface area contributed by atoms with Crippen LogP contribution in [0.5, 0.6) is 17.2 Å². The number of phenols is 1. The van der Waals surface area contributed by atoms with Crippen molar-refractivity contribution < 1.29 is 14.6 Å². The molecule has 0 saturated heterocycles. The predicted octanol–water partition coefficient (Wildman–Crippen LogP) is 6.82. The Hall–Kier alpha value is -1.64. The fourth-order valence-electron chi connectivity index (χ4n) is 3.12. The van der Waals surface area contributed by atoms with E-state index < -0.39 is 0 Å². The summed E-state index contributed by atoms with van der Waals surface area (Å²) >= 11 is 0.